The topological polar surface area (TPSA) is 41.9 Å². The maximum absolute atomic E-state index is 12.0. The van der Waals surface area contributed by atoms with E-state index in [0.29, 0.717) is 5.70 Å². The number of methoxy groups -OCH3 is 1. The van der Waals surface area contributed by atoms with Gasteiger partial charge in [0.1, 0.15) is 11.4 Å². The molecule has 2 rings (SSSR count). The van der Waals surface area contributed by atoms with E-state index in [1.807, 2.05) is 31.2 Å². The van der Waals surface area contributed by atoms with E-state index in [-0.39, 0.29) is 5.91 Å². The molecule has 1 aliphatic heterocycles. The third kappa shape index (κ3) is 2.98. The summed E-state index contributed by atoms with van der Waals surface area (Å²) in [5.74, 6) is 1.63. The van der Waals surface area contributed by atoms with Gasteiger partial charge in [-0.25, -0.2) is 4.99 Å². The van der Waals surface area contributed by atoms with Crippen LogP contribution in [0, 0.1) is 0 Å². The quantitative estimate of drug-likeness (QED) is 0.797. The van der Waals surface area contributed by atoms with Gasteiger partial charge >= 0.3 is 0 Å². The summed E-state index contributed by atoms with van der Waals surface area (Å²) >= 11 is 1.57. The lowest BCUT2D eigenvalue weighted by Gasteiger charge is -2.08. The summed E-state index contributed by atoms with van der Waals surface area (Å²) < 4.78 is 5.10. The average molecular weight is 276 g/mol. The highest BCUT2D eigenvalue weighted by atomic mass is 32.2. The third-order valence-electron chi connectivity index (χ3n) is 2.72. The zero-order chi connectivity index (χ0) is 13.8. The molecule has 0 saturated carbocycles. The second-order valence-corrected chi connectivity index (χ2v) is 5.23. The Bertz CT molecular complexity index is 535. The van der Waals surface area contributed by atoms with Gasteiger partial charge in [0.05, 0.1) is 7.11 Å². The van der Waals surface area contributed by atoms with E-state index in [1.165, 1.54) is 0 Å². The van der Waals surface area contributed by atoms with Crippen LogP contribution >= 0.6 is 11.8 Å². The van der Waals surface area contributed by atoms with Gasteiger partial charge in [0.2, 0.25) is 0 Å². The number of carbonyl (C=O) groups excluding carboxylic acids is 1. The summed E-state index contributed by atoms with van der Waals surface area (Å²) in [5.41, 5.74) is 1.41. The molecule has 19 heavy (non-hydrogen) atoms. The Morgan fingerprint density at radius 2 is 2.05 bits per heavy atom. The highest BCUT2D eigenvalue weighted by Crippen LogP contribution is 2.23. The second kappa shape index (κ2) is 5.93. The predicted octanol–water partition coefficient (Wildman–Crippen LogP) is 2.62. The van der Waals surface area contributed by atoms with Crippen molar-refractivity contribution in [3.05, 3.63) is 35.5 Å². The Kier molecular flexibility index (Phi) is 4.27. The number of amides is 1. The smallest absolute Gasteiger partial charge is 0.278 e. The highest BCUT2D eigenvalue weighted by molar-refractivity contribution is 8.13. The molecule has 0 radical (unpaired) electrons. The van der Waals surface area contributed by atoms with Crippen molar-refractivity contribution in [2.45, 2.75) is 6.92 Å². The number of amidine groups is 1. The van der Waals surface area contributed by atoms with Crippen LogP contribution in [0.4, 0.5) is 0 Å². The van der Waals surface area contributed by atoms with Crippen LogP contribution in [0.1, 0.15) is 12.5 Å². The molecule has 0 unspecified atom stereocenters. The first-order chi connectivity index (χ1) is 9.15. The largest absolute Gasteiger partial charge is 0.497 e. The summed E-state index contributed by atoms with van der Waals surface area (Å²) in [6.07, 6.45) is 1.79. The Balaban J connectivity index is 2.24. The zero-order valence-corrected chi connectivity index (χ0v) is 12.0. The van der Waals surface area contributed by atoms with Crippen LogP contribution < -0.4 is 4.74 Å². The molecule has 0 saturated heterocycles. The van der Waals surface area contributed by atoms with Crippen LogP contribution in [0.15, 0.2) is 35.0 Å². The Morgan fingerprint density at radius 1 is 1.37 bits per heavy atom. The van der Waals surface area contributed by atoms with Crippen LogP contribution in [0.25, 0.3) is 6.08 Å². The molecule has 0 N–H and O–H groups in total. The second-order valence-electron chi connectivity index (χ2n) is 3.99. The SMILES string of the molecule is CCSC1=N/C(=C\c2ccc(OC)cc2)C(=O)N1C. The monoisotopic (exact) mass is 276 g/mol. The van der Waals surface area contributed by atoms with E-state index >= 15 is 0 Å². The zero-order valence-electron chi connectivity index (χ0n) is 11.2. The fourth-order valence-electron chi connectivity index (χ4n) is 1.69. The molecule has 100 valence electrons. The summed E-state index contributed by atoms with van der Waals surface area (Å²) in [7, 11) is 3.38. The van der Waals surface area contributed by atoms with Crippen LogP contribution in [-0.4, -0.2) is 35.9 Å². The lowest BCUT2D eigenvalue weighted by molar-refractivity contribution is -0.121. The molecule has 4 nitrogen and oxygen atoms in total. The molecule has 1 heterocycles. The number of ether oxygens (including phenoxy) is 1. The fraction of sp³-hybridized carbons (Fsp3) is 0.286. The van der Waals surface area contributed by atoms with Gasteiger partial charge in [0.25, 0.3) is 5.91 Å². The summed E-state index contributed by atoms with van der Waals surface area (Å²) in [4.78, 5) is 18.0. The third-order valence-corrected chi connectivity index (χ3v) is 3.63. The number of benzene rings is 1. The molecule has 0 fully saturated rings. The van der Waals surface area contributed by atoms with Crippen molar-refractivity contribution < 1.29 is 9.53 Å². The molecule has 1 aromatic carbocycles. The predicted molar refractivity (Wildman–Crippen MR) is 79.3 cm³/mol. The number of nitrogens with zero attached hydrogens (tertiary/aromatic N) is 2. The van der Waals surface area contributed by atoms with E-state index in [2.05, 4.69) is 4.99 Å². The minimum atomic E-state index is -0.0632. The number of aliphatic imine (C=N–C) groups is 1. The minimum absolute atomic E-state index is 0.0632. The first-order valence-corrected chi connectivity index (χ1v) is 6.99. The van der Waals surface area contributed by atoms with E-state index in [9.17, 15) is 4.79 Å². The maximum atomic E-state index is 12.0. The van der Waals surface area contributed by atoms with E-state index < -0.39 is 0 Å². The normalized spacial score (nSPS) is 17.0. The number of rotatable bonds is 3. The van der Waals surface area contributed by atoms with Gasteiger partial charge in [-0.05, 0) is 29.5 Å². The number of carbonyl (C=O) groups is 1. The number of thioether (sulfide) groups is 1. The van der Waals surface area contributed by atoms with Crippen molar-refractivity contribution >= 4 is 28.9 Å². The minimum Gasteiger partial charge on any atom is -0.497 e. The highest BCUT2D eigenvalue weighted by Gasteiger charge is 2.26. The van der Waals surface area contributed by atoms with Gasteiger partial charge in [-0.1, -0.05) is 30.8 Å². The van der Waals surface area contributed by atoms with Crippen molar-refractivity contribution in [3.8, 4) is 5.75 Å². The van der Waals surface area contributed by atoms with E-state index in [0.717, 1.165) is 22.2 Å². The van der Waals surface area contributed by atoms with Crippen LogP contribution in [0.5, 0.6) is 5.75 Å². The van der Waals surface area contributed by atoms with Crippen LogP contribution in [0.2, 0.25) is 0 Å². The number of likely N-dealkylation sites (N-methyl/N-ethyl adjacent to an activating group) is 1. The molecule has 1 aromatic rings. The van der Waals surface area contributed by atoms with Gasteiger partial charge in [-0.3, -0.25) is 9.69 Å². The molecule has 0 bridgehead atoms. The first-order valence-electron chi connectivity index (χ1n) is 6.01. The Morgan fingerprint density at radius 3 is 2.63 bits per heavy atom. The first kappa shape index (κ1) is 13.7. The molecular formula is C14H16N2O2S. The number of hydrogen-bond donors (Lipinski definition) is 0. The van der Waals surface area contributed by atoms with Gasteiger partial charge in [0.15, 0.2) is 5.17 Å². The molecule has 1 amide bonds. The van der Waals surface area contributed by atoms with Crippen molar-refractivity contribution in [1.82, 2.24) is 4.90 Å². The van der Waals surface area contributed by atoms with Crippen LogP contribution in [-0.2, 0) is 4.79 Å². The molecule has 1 aliphatic rings. The summed E-state index contributed by atoms with van der Waals surface area (Å²) in [6, 6.07) is 7.53. The fourth-order valence-corrected chi connectivity index (χ4v) is 2.39. The summed E-state index contributed by atoms with van der Waals surface area (Å²) in [5, 5.41) is 0.757. The van der Waals surface area contributed by atoms with Crippen LogP contribution in [0.3, 0.4) is 0 Å². The molecule has 0 atom stereocenters. The molecule has 0 spiro atoms. The van der Waals surface area contributed by atoms with Crippen molar-refractivity contribution in [2.24, 2.45) is 4.99 Å². The molecule has 0 aliphatic carbocycles. The lowest BCUT2D eigenvalue weighted by Crippen LogP contribution is -2.25. The van der Waals surface area contributed by atoms with Gasteiger partial charge < -0.3 is 4.74 Å². The molecule has 5 heteroatoms. The van der Waals surface area contributed by atoms with Crippen molar-refractivity contribution in [3.63, 3.8) is 0 Å². The molecular weight excluding hydrogens is 260 g/mol. The summed E-state index contributed by atoms with van der Waals surface area (Å²) in [6.45, 7) is 2.04. The van der Waals surface area contributed by atoms with Crippen molar-refractivity contribution in [2.75, 3.05) is 19.9 Å². The van der Waals surface area contributed by atoms with Crippen molar-refractivity contribution in [1.29, 1.82) is 0 Å². The van der Waals surface area contributed by atoms with Gasteiger partial charge in [0, 0.05) is 7.05 Å². The lowest BCUT2D eigenvalue weighted by atomic mass is 10.2. The van der Waals surface area contributed by atoms with E-state index in [4.69, 9.17) is 4.74 Å². The van der Waals surface area contributed by atoms with Gasteiger partial charge in [-0.15, -0.1) is 0 Å². The number of hydrogen-bond acceptors (Lipinski definition) is 4. The Labute approximate surface area is 117 Å². The van der Waals surface area contributed by atoms with E-state index in [1.54, 1.807) is 36.9 Å². The standard InChI is InChI=1S/C14H16N2O2S/c1-4-19-14-15-12(13(17)16(14)2)9-10-5-7-11(18-3)8-6-10/h5-9H,4H2,1-3H3/b12-9-. The maximum Gasteiger partial charge on any atom is 0.278 e. The Hall–Kier alpha value is -1.75. The molecule has 0 aromatic heterocycles. The average Bonchev–Trinajstić information content (AvgIpc) is 2.69. The van der Waals surface area contributed by atoms with Gasteiger partial charge in [-0.2, -0.15) is 0 Å².